The summed E-state index contributed by atoms with van der Waals surface area (Å²) in [7, 11) is 0. The fraction of sp³-hybridized carbons (Fsp3) is 0.407. The average Bonchev–Trinajstić information content (AvgIpc) is 3.57. The topological polar surface area (TPSA) is 65.8 Å². The minimum Gasteiger partial charge on any atom is -0.331 e. The first-order valence-corrected chi connectivity index (χ1v) is 12.9. The van der Waals surface area contributed by atoms with Gasteiger partial charge < -0.3 is 4.57 Å². The number of aromatic nitrogens is 6. The lowest BCUT2D eigenvalue weighted by molar-refractivity contribution is -0.140. The van der Waals surface area contributed by atoms with E-state index in [1.165, 1.54) is 4.57 Å². The van der Waals surface area contributed by atoms with Gasteiger partial charge in [-0.2, -0.15) is 23.4 Å². The van der Waals surface area contributed by atoms with Crippen LogP contribution in [0, 0.1) is 5.41 Å². The number of aliphatic imine (C=N–C) groups is 1. The molecule has 0 spiro atoms. The van der Waals surface area contributed by atoms with Crippen LogP contribution in [0.4, 0.5) is 18.9 Å². The maximum atomic E-state index is 13.2. The molecule has 0 radical (unpaired) electrons. The Labute approximate surface area is 224 Å². The highest BCUT2D eigenvalue weighted by Crippen LogP contribution is 2.38. The monoisotopic (exact) mass is 543 g/mol. The molecule has 0 fully saturated rings. The summed E-state index contributed by atoms with van der Waals surface area (Å²) in [5, 5.41) is 9.79. The van der Waals surface area contributed by atoms with Gasteiger partial charge in [-0.1, -0.05) is 25.4 Å². The Kier molecular flexibility index (Phi) is 6.49. The van der Waals surface area contributed by atoms with Crippen molar-refractivity contribution in [2.75, 3.05) is 0 Å². The zero-order valence-electron chi connectivity index (χ0n) is 21.9. The zero-order valence-corrected chi connectivity index (χ0v) is 22.6. The molecule has 0 amide bonds. The molecule has 38 heavy (non-hydrogen) atoms. The van der Waals surface area contributed by atoms with Gasteiger partial charge in [0.25, 0.3) is 0 Å². The highest BCUT2D eigenvalue weighted by Gasteiger charge is 2.36. The minimum atomic E-state index is -4.49. The smallest absolute Gasteiger partial charge is 0.331 e. The zero-order chi connectivity index (χ0) is 27.4. The van der Waals surface area contributed by atoms with Crippen molar-refractivity contribution in [3.8, 4) is 22.8 Å². The van der Waals surface area contributed by atoms with Crippen LogP contribution < -0.4 is 0 Å². The van der Waals surface area contributed by atoms with Crippen LogP contribution in [0.25, 0.3) is 22.8 Å². The molecule has 0 aliphatic carbocycles. The standard InChI is InChI=1S/C27H29ClF3N7/c1-6-36-15-22(27(29,30)31)34-25(36)17-7-9-18(10-8-17)33-24-21-13-20(35-37(21)12-11-26(24,4)5)23-19(28)14-32-38(23)16(2)3/h7-10,13-16H,6,11-12H2,1-5H3/b33-24-. The highest BCUT2D eigenvalue weighted by molar-refractivity contribution is 6.33. The molecule has 3 aromatic heterocycles. The second kappa shape index (κ2) is 9.41. The van der Waals surface area contributed by atoms with Crippen molar-refractivity contribution in [3.63, 3.8) is 0 Å². The minimum absolute atomic E-state index is 0.120. The van der Waals surface area contributed by atoms with Crippen molar-refractivity contribution in [2.24, 2.45) is 10.4 Å². The summed E-state index contributed by atoms with van der Waals surface area (Å²) in [6.07, 6.45) is -0.961. The summed E-state index contributed by atoms with van der Waals surface area (Å²) in [6.45, 7) is 11.3. The number of halogens is 4. The third-order valence-electron chi connectivity index (χ3n) is 6.87. The van der Waals surface area contributed by atoms with E-state index in [0.717, 1.165) is 42.0 Å². The Bertz CT molecular complexity index is 1500. The normalized spacial score (nSPS) is 16.4. The number of aryl methyl sites for hydroxylation is 2. The van der Waals surface area contributed by atoms with Gasteiger partial charge in [-0.15, -0.1) is 0 Å². The Hall–Kier alpha value is -3.40. The van der Waals surface area contributed by atoms with Crippen LogP contribution in [-0.4, -0.2) is 34.8 Å². The molecule has 4 heterocycles. The van der Waals surface area contributed by atoms with Gasteiger partial charge in [0.15, 0.2) is 5.69 Å². The summed E-state index contributed by atoms with van der Waals surface area (Å²) in [6, 6.07) is 9.26. The predicted molar refractivity (Wildman–Crippen MR) is 142 cm³/mol. The molecular formula is C27H29ClF3N7. The second-order valence-corrected chi connectivity index (χ2v) is 10.8. The number of hydrogen-bond acceptors (Lipinski definition) is 4. The molecule has 200 valence electrons. The second-order valence-electron chi connectivity index (χ2n) is 10.4. The van der Waals surface area contributed by atoms with Gasteiger partial charge in [0.2, 0.25) is 0 Å². The molecule has 4 aromatic rings. The Morgan fingerprint density at radius 2 is 1.87 bits per heavy atom. The van der Waals surface area contributed by atoms with Crippen molar-refractivity contribution in [1.82, 2.24) is 29.1 Å². The van der Waals surface area contributed by atoms with Crippen molar-refractivity contribution in [1.29, 1.82) is 0 Å². The Balaban J connectivity index is 1.53. The lowest BCUT2D eigenvalue weighted by Crippen LogP contribution is -2.34. The van der Waals surface area contributed by atoms with Gasteiger partial charge in [0, 0.05) is 36.3 Å². The maximum absolute atomic E-state index is 13.2. The molecule has 1 aliphatic rings. The highest BCUT2D eigenvalue weighted by atomic mass is 35.5. The predicted octanol–water partition coefficient (Wildman–Crippen LogP) is 7.43. The summed E-state index contributed by atoms with van der Waals surface area (Å²) in [4.78, 5) is 8.85. The Morgan fingerprint density at radius 1 is 1.16 bits per heavy atom. The summed E-state index contributed by atoms with van der Waals surface area (Å²) in [5.74, 6) is 0.276. The lowest BCUT2D eigenvalue weighted by Gasteiger charge is -2.32. The Morgan fingerprint density at radius 3 is 2.50 bits per heavy atom. The van der Waals surface area contributed by atoms with Crippen LogP contribution in [0.3, 0.4) is 0 Å². The molecule has 11 heteroatoms. The molecule has 7 nitrogen and oxygen atoms in total. The van der Waals surface area contributed by atoms with E-state index in [2.05, 4.69) is 23.9 Å². The number of hydrogen-bond donors (Lipinski definition) is 0. The van der Waals surface area contributed by atoms with Crippen molar-refractivity contribution in [2.45, 2.75) is 66.3 Å². The van der Waals surface area contributed by atoms with Crippen LogP contribution >= 0.6 is 11.6 Å². The van der Waals surface area contributed by atoms with Gasteiger partial charge in [0.1, 0.15) is 17.2 Å². The SMILES string of the molecule is CCn1cc(C(F)(F)F)nc1-c1ccc(/N=C2/c3cc(-c4c(Cl)cnn4C(C)C)nn3CCC2(C)C)cc1. The molecule has 0 N–H and O–H groups in total. The molecular weight excluding hydrogens is 515 g/mol. The van der Waals surface area contributed by atoms with E-state index in [4.69, 9.17) is 21.7 Å². The molecule has 0 saturated carbocycles. The van der Waals surface area contributed by atoms with E-state index in [0.29, 0.717) is 22.8 Å². The summed E-state index contributed by atoms with van der Waals surface area (Å²) in [5.41, 5.74) is 3.49. The van der Waals surface area contributed by atoms with Crippen molar-refractivity contribution >= 4 is 23.0 Å². The van der Waals surface area contributed by atoms with E-state index in [9.17, 15) is 13.2 Å². The number of nitrogens with zero attached hydrogens (tertiary/aromatic N) is 7. The van der Waals surface area contributed by atoms with Crippen LogP contribution in [0.15, 0.2) is 47.7 Å². The van der Waals surface area contributed by atoms with Gasteiger partial charge in [-0.05, 0) is 57.5 Å². The number of rotatable bonds is 5. The van der Waals surface area contributed by atoms with E-state index in [-0.39, 0.29) is 17.3 Å². The van der Waals surface area contributed by atoms with Crippen molar-refractivity contribution in [3.05, 3.63) is 59.1 Å². The first-order valence-electron chi connectivity index (χ1n) is 12.5. The van der Waals surface area contributed by atoms with Crippen LogP contribution in [0.1, 0.15) is 58.5 Å². The average molecular weight is 544 g/mol. The van der Waals surface area contributed by atoms with Gasteiger partial charge in [-0.3, -0.25) is 14.4 Å². The van der Waals surface area contributed by atoms with Crippen LogP contribution in [-0.2, 0) is 19.3 Å². The molecule has 5 rings (SSSR count). The molecule has 1 aliphatic heterocycles. The molecule has 0 atom stereocenters. The fourth-order valence-electron chi connectivity index (χ4n) is 4.76. The third-order valence-corrected chi connectivity index (χ3v) is 7.15. The van der Waals surface area contributed by atoms with Gasteiger partial charge in [-0.25, -0.2) is 4.98 Å². The van der Waals surface area contributed by atoms with Gasteiger partial charge >= 0.3 is 6.18 Å². The summed E-state index contributed by atoms with van der Waals surface area (Å²) >= 11 is 6.49. The third kappa shape index (κ3) is 4.66. The van der Waals surface area contributed by atoms with E-state index in [1.54, 1.807) is 37.4 Å². The van der Waals surface area contributed by atoms with Crippen LogP contribution in [0.2, 0.25) is 5.02 Å². The number of fused-ring (bicyclic) bond motifs is 1. The van der Waals surface area contributed by atoms with E-state index < -0.39 is 11.9 Å². The fourth-order valence-corrected chi connectivity index (χ4v) is 4.99. The number of benzene rings is 1. The summed E-state index contributed by atoms with van der Waals surface area (Å²) < 4.78 is 45.0. The first kappa shape index (κ1) is 26.2. The largest absolute Gasteiger partial charge is 0.434 e. The van der Waals surface area contributed by atoms with Crippen LogP contribution in [0.5, 0.6) is 0 Å². The van der Waals surface area contributed by atoms with Gasteiger partial charge in [0.05, 0.1) is 28.3 Å². The van der Waals surface area contributed by atoms with E-state index in [1.807, 2.05) is 29.3 Å². The number of imidazole rings is 1. The van der Waals surface area contributed by atoms with Crippen molar-refractivity contribution < 1.29 is 13.2 Å². The molecule has 0 unspecified atom stereocenters. The molecule has 1 aromatic carbocycles. The quantitative estimate of drug-likeness (QED) is 0.263. The lowest BCUT2D eigenvalue weighted by atomic mass is 9.80. The number of alkyl halides is 3. The molecule has 0 bridgehead atoms. The molecule has 0 saturated heterocycles. The maximum Gasteiger partial charge on any atom is 0.434 e. The first-order chi connectivity index (χ1) is 17.9. The van der Waals surface area contributed by atoms with E-state index >= 15 is 0 Å².